The molecule has 0 atom stereocenters. The second kappa shape index (κ2) is 6.62. The van der Waals surface area contributed by atoms with Crippen LogP contribution in [0.3, 0.4) is 0 Å². The van der Waals surface area contributed by atoms with Crippen LogP contribution in [0.1, 0.15) is 25.0 Å². The maximum atomic E-state index is 12.1. The number of benzene rings is 2. The molecule has 4 heteroatoms. The van der Waals surface area contributed by atoms with Gasteiger partial charge in [0.2, 0.25) is 5.91 Å². The standard InChI is InChI=1S/C18H21NO3/c1-18(2,21)14-5-4-6-15(12-14)19-17(20)11-13-7-9-16(22-3)10-8-13/h4-10,12,21H,11H2,1-3H3,(H,19,20). The van der Waals surface area contributed by atoms with Crippen LogP contribution >= 0.6 is 0 Å². The number of carbonyl (C=O) groups is 1. The Balaban J connectivity index is 2.02. The van der Waals surface area contributed by atoms with Gasteiger partial charge in [-0.3, -0.25) is 4.79 Å². The van der Waals surface area contributed by atoms with E-state index in [2.05, 4.69) is 5.32 Å². The Bertz CT molecular complexity index is 642. The molecule has 0 aliphatic rings. The van der Waals surface area contributed by atoms with Crippen molar-refractivity contribution in [3.8, 4) is 5.75 Å². The summed E-state index contributed by atoms with van der Waals surface area (Å²) in [7, 11) is 1.61. The van der Waals surface area contributed by atoms with Gasteiger partial charge in [-0.1, -0.05) is 24.3 Å². The van der Waals surface area contributed by atoms with Crippen LogP contribution in [-0.4, -0.2) is 18.1 Å². The monoisotopic (exact) mass is 299 g/mol. The lowest BCUT2D eigenvalue weighted by Crippen LogP contribution is -2.17. The number of hydrogen-bond acceptors (Lipinski definition) is 3. The third-order valence-corrected chi connectivity index (χ3v) is 3.38. The van der Waals surface area contributed by atoms with E-state index in [1.165, 1.54) is 0 Å². The molecule has 0 unspecified atom stereocenters. The number of aliphatic hydroxyl groups is 1. The van der Waals surface area contributed by atoms with Gasteiger partial charge in [0, 0.05) is 5.69 Å². The highest BCUT2D eigenvalue weighted by molar-refractivity contribution is 5.92. The number of methoxy groups -OCH3 is 1. The first-order valence-corrected chi connectivity index (χ1v) is 7.14. The van der Waals surface area contributed by atoms with Crippen molar-refractivity contribution in [2.45, 2.75) is 25.9 Å². The van der Waals surface area contributed by atoms with E-state index in [-0.39, 0.29) is 12.3 Å². The van der Waals surface area contributed by atoms with Crippen LogP contribution in [-0.2, 0) is 16.8 Å². The third kappa shape index (κ3) is 4.33. The summed E-state index contributed by atoms with van der Waals surface area (Å²) < 4.78 is 5.09. The Hall–Kier alpha value is -2.33. The smallest absolute Gasteiger partial charge is 0.228 e. The van der Waals surface area contributed by atoms with Crippen molar-refractivity contribution in [1.29, 1.82) is 0 Å². The Morgan fingerprint density at radius 3 is 2.45 bits per heavy atom. The van der Waals surface area contributed by atoms with Gasteiger partial charge in [-0.15, -0.1) is 0 Å². The second-order valence-corrected chi connectivity index (χ2v) is 5.71. The van der Waals surface area contributed by atoms with Crippen molar-refractivity contribution in [3.05, 3.63) is 59.7 Å². The van der Waals surface area contributed by atoms with Crippen molar-refractivity contribution >= 4 is 11.6 Å². The predicted octanol–water partition coefficient (Wildman–Crippen LogP) is 3.10. The predicted molar refractivity (Wildman–Crippen MR) is 87.0 cm³/mol. The van der Waals surface area contributed by atoms with Crippen LogP contribution in [0.15, 0.2) is 48.5 Å². The number of amides is 1. The van der Waals surface area contributed by atoms with E-state index in [1.807, 2.05) is 36.4 Å². The van der Waals surface area contributed by atoms with Crippen LogP contribution in [0, 0.1) is 0 Å². The van der Waals surface area contributed by atoms with Crippen LogP contribution in [0.25, 0.3) is 0 Å². The molecule has 0 radical (unpaired) electrons. The van der Waals surface area contributed by atoms with E-state index >= 15 is 0 Å². The van der Waals surface area contributed by atoms with Crippen molar-refractivity contribution in [2.24, 2.45) is 0 Å². The largest absolute Gasteiger partial charge is 0.497 e. The minimum Gasteiger partial charge on any atom is -0.497 e. The van der Waals surface area contributed by atoms with Gasteiger partial charge in [0.1, 0.15) is 5.75 Å². The normalized spacial score (nSPS) is 11.1. The molecule has 1 amide bonds. The van der Waals surface area contributed by atoms with Gasteiger partial charge in [0.05, 0.1) is 19.1 Å². The molecular formula is C18H21NO3. The summed E-state index contributed by atoms with van der Waals surface area (Å²) in [6.07, 6.45) is 0.288. The highest BCUT2D eigenvalue weighted by Crippen LogP contribution is 2.22. The molecule has 0 saturated heterocycles. The van der Waals surface area contributed by atoms with Gasteiger partial charge in [0.25, 0.3) is 0 Å². The summed E-state index contributed by atoms with van der Waals surface area (Å²) in [4.78, 5) is 12.1. The van der Waals surface area contributed by atoms with Gasteiger partial charge in [-0.25, -0.2) is 0 Å². The van der Waals surface area contributed by atoms with E-state index in [9.17, 15) is 9.90 Å². The molecule has 0 saturated carbocycles. The zero-order valence-electron chi connectivity index (χ0n) is 13.1. The first-order valence-electron chi connectivity index (χ1n) is 7.14. The molecule has 22 heavy (non-hydrogen) atoms. The van der Waals surface area contributed by atoms with Crippen molar-refractivity contribution < 1.29 is 14.6 Å². The minimum absolute atomic E-state index is 0.0990. The van der Waals surface area contributed by atoms with E-state index in [0.29, 0.717) is 5.69 Å². The summed E-state index contributed by atoms with van der Waals surface area (Å²) in [5.41, 5.74) is 1.42. The number of hydrogen-bond donors (Lipinski definition) is 2. The number of rotatable bonds is 5. The van der Waals surface area contributed by atoms with Gasteiger partial charge in [-0.05, 0) is 49.2 Å². The summed E-state index contributed by atoms with van der Waals surface area (Å²) in [6.45, 7) is 3.43. The average Bonchev–Trinajstić information content (AvgIpc) is 2.47. The van der Waals surface area contributed by atoms with E-state index in [0.717, 1.165) is 16.9 Å². The molecule has 2 aromatic rings. The van der Waals surface area contributed by atoms with E-state index in [4.69, 9.17) is 4.74 Å². The molecule has 116 valence electrons. The Labute approximate surface area is 130 Å². The first-order chi connectivity index (χ1) is 10.4. The quantitative estimate of drug-likeness (QED) is 0.892. The molecule has 0 aliphatic carbocycles. The maximum Gasteiger partial charge on any atom is 0.228 e. The zero-order chi connectivity index (χ0) is 16.2. The maximum absolute atomic E-state index is 12.1. The number of carbonyl (C=O) groups excluding carboxylic acids is 1. The average molecular weight is 299 g/mol. The van der Waals surface area contributed by atoms with Crippen LogP contribution in [0.5, 0.6) is 5.75 Å². The first kappa shape index (κ1) is 16.0. The fourth-order valence-corrected chi connectivity index (χ4v) is 2.11. The molecule has 0 spiro atoms. The fourth-order valence-electron chi connectivity index (χ4n) is 2.11. The van der Waals surface area contributed by atoms with Gasteiger partial charge in [-0.2, -0.15) is 0 Å². The minimum atomic E-state index is -0.934. The Kier molecular flexibility index (Phi) is 4.83. The van der Waals surface area contributed by atoms with Gasteiger partial charge >= 0.3 is 0 Å². The molecule has 2 N–H and O–H groups in total. The SMILES string of the molecule is COc1ccc(CC(=O)Nc2cccc(C(C)(C)O)c2)cc1. The van der Waals surface area contributed by atoms with Gasteiger partial charge in [0.15, 0.2) is 0 Å². The molecule has 4 nitrogen and oxygen atoms in total. The van der Waals surface area contributed by atoms with Crippen LogP contribution in [0.4, 0.5) is 5.69 Å². The Morgan fingerprint density at radius 2 is 1.86 bits per heavy atom. The van der Waals surface area contributed by atoms with Gasteiger partial charge < -0.3 is 15.2 Å². The van der Waals surface area contributed by atoms with Crippen molar-refractivity contribution in [3.63, 3.8) is 0 Å². The highest BCUT2D eigenvalue weighted by atomic mass is 16.5. The summed E-state index contributed by atoms with van der Waals surface area (Å²) in [5.74, 6) is 0.667. The molecule has 0 fully saturated rings. The summed E-state index contributed by atoms with van der Waals surface area (Å²) in [6, 6.07) is 14.6. The fraction of sp³-hybridized carbons (Fsp3) is 0.278. The number of anilines is 1. The van der Waals surface area contributed by atoms with Crippen LogP contribution in [0.2, 0.25) is 0 Å². The lowest BCUT2D eigenvalue weighted by atomic mass is 9.98. The molecule has 2 aromatic carbocycles. The lowest BCUT2D eigenvalue weighted by molar-refractivity contribution is -0.115. The Morgan fingerprint density at radius 1 is 1.18 bits per heavy atom. The molecule has 0 aliphatic heterocycles. The van der Waals surface area contributed by atoms with Crippen molar-refractivity contribution in [1.82, 2.24) is 0 Å². The molecule has 2 rings (SSSR count). The van der Waals surface area contributed by atoms with E-state index < -0.39 is 5.60 Å². The lowest BCUT2D eigenvalue weighted by Gasteiger charge is -2.18. The second-order valence-electron chi connectivity index (χ2n) is 5.71. The molecule has 0 heterocycles. The van der Waals surface area contributed by atoms with Crippen molar-refractivity contribution in [2.75, 3.05) is 12.4 Å². The van der Waals surface area contributed by atoms with E-state index in [1.54, 1.807) is 33.1 Å². The van der Waals surface area contributed by atoms with Crippen LogP contribution < -0.4 is 10.1 Å². The number of nitrogens with one attached hydrogen (secondary N) is 1. The molecule has 0 bridgehead atoms. The summed E-state index contributed by atoms with van der Waals surface area (Å²) >= 11 is 0. The highest BCUT2D eigenvalue weighted by Gasteiger charge is 2.16. The summed E-state index contributed by atoms with van der Waals surface area (Å²) in [5, 5.41) is 12.9. The number of ether oxygens (including phenoxy) is 1. The third-order valence-electron chi connectivity index (χ3n) is 3.38. The topological polar surface area (TPSA) is 58.6 Å². The zero-order valence-corrected chi connectivity index (χ0v) is 13.1. The molecular weight excluding hydrogens is 278 g/mol. The molecule has 0 aromatic heterocycles.